The lowest BCUT2D eigenvalue weighted by molar-refractivity contribution is 0.102. The molecule has 0 radical (unpaired) electrons. The maximum Gasteiger partial charge on any atom is 0.261 e. The standard InChI is InChI=1S/C24H19ClN2O3/c1-2-27-15-19(23(28)18-10-6-7-11-21(18)27)24(29)26-20-14-16(25)12-13-22(20)30-17-8-4-3-5-9-17/h3-15H,2H2,1H3,(H,26,29). The topological polar surface area (TPSA) is 60.3 Å². The van der Waals surface area contributed by atoms with E-state index in [2.05, 4.69) is 5.32 Å². The van der Waals surface area contributed by atoms with E-state index in [1.165, 1.54) is 0 Å². The smallest absolute Gasteiger partial charge is 0.261 e. The summed E-state index contributed by atoms with van der Waals surface area (Å²) < 4.78 is 7.77. The zero-order chi connectivity index (χ0) is 21.1. The van der Waals surface area contributed by atoms with E-state index in [0.29, 0.717) is 34.1 Å². The number of benzene rings is 3. The maximum atomic E-state index is 13.0. The number of carbonyl (C=O) groups excluding carboxylic acids is 1. The second-order valence-corrected chi connectivity index (χ2v) is 7.12. The van der Waals surface area contributed by atoms with E-state index in [9.17, 15) is 9.59 Å². The van der Waals surface area contributed by atoms with Crippen LogP contribution in [0.4, 0.5) is 5.69 Å². The number of para-hydroxylation sites is 2. The molecule has 1 amide bonds. The van der Waals surface area contributed by atoms with Gasteiger partial charge in [0.15, 0.2) is 5.75 Å². The largest absolute Gasteiger partial charge is 0.455 e. The molecule has 1 heterocycles. The molecule has 1 aromatic heterocycles. The number of hydrogen-bond donors (Lipinski definition) is 1. The van der Waals surface area contributed by atoms with Gasteiger partial charge in [0.05, 0.1) is 11.2 Å². The van der Waals surface area contributed by atoms with Crippen molar-refractivity contribution in [3.63, 3.8) is 0 Å². The van der Waals surface area contributed by atoms with Gasteiger partial charge in [-0.1, -0.05) is 41.9 Å². The monoisotopic (exact) mass is 418 g/mol. The third kappa shape index (κ3) is 3.93. The summed E-state index contributed by atoms with van der Waals surface area (Å²) in [6, 6.07) is 21.4. The van der Waals surface area contributed by atoms with Gasteiger partial charge >= 0.3 is 0 Å². The summed E-state index contributed by atoms with van der Waals surface area (Å²) in [5.74, 6) is 0.526. The number of pyridine rings is 1. The van der Waals surface area contributed by atoms with Crippen LogP contribution in [0, 0.1) is 0 Å². The number of halogens is 1. The number of aryl methyl sites for hydroxylation is 1. The fraction of sp³-hybridized carbons (Fsp3) is 0.0833. The van der Waals surface area contributed by atoms with Crippen LogP contribution < -0.4 is 15.5 Å². The number of rotatable bonds is 5. The molecular weight excluding hydrogens is 400 g/mol. The molecule has 150 valence electrons. The minimum absolute atomic E-state index is 0.0567. The average molecular weight is 419 g/mol. The van der Waals surface area contributed by atoms with Crippen LogP contribution in [0.2, 0.25) is 5.02 Å². The highest BCUT2D eigenvalue weighted by atomic mass is 35.5. The SMILES string of the molecule is CCn1cc(C(=O)Nc2cc(Cl)ccc2Oc2ccccc2)c(=O)c2ccccc21. The summed E-state index contributed by atoms with van der Waals surface area (Å²) in [6.45, 7) is 2.59. The Labute approximate surface area is 178 Å². The molecule has 4 rings (SSSR count). The summed E-state index contributed by atoms with van der Waals surface area (Å²) in [7, 11) is 0. The zero-order valence-electron chi connectivity index (χ0n) is 16.3. The molecule has 0 aliphatic heterocycles. The van der Waals surface area contributed by atoms with E-state index < -0.39 is 5.91 Å². The molecule has 1 N–H and O–H groups in total. The minimum atomic E-state index is -0.520. The van der Waals surface area contributed by atoms with Gasteiger partial charge in [-0.2, -0.15) is 0 Å². The van der Waals surface area contributed by atoms with Gasteiger partial charge in [0.1, 0.15) is 11.3 Å². The van der Waals surface area contributed by atoms with Gasteiger partial charge in [0.2, 0.25) is 5.43 Å². The molecule has 3 aromatic carbocycles. The molecule has 0 fully saturated rings. The van der Waals surface area contributed by atoms with E-state index in [1.807, 2.05) is 54.0 Å². The Hall–Kier alpha value is -3.57. The molecule has 0 saturated heterocycles. The van der Waals surface area contributed by atoms with Crippen LogP contribution in [0.1, 0.15) is 17.3 Å². The van der Waals surface area contributed by atoms with Crippen LogP contribution in [0.5, 0.6) is 11.5 Å². The fourth-order valence-electron chi connectivity index (χ4n) is 3.26. The van der Waals surface area contributed by atoms with Crippen LogP contribution in [-0.4, -0.2) is 10.5 Å². The van der Waals surface area contributed by atoms with E-state index in [0.717, 1.165) is 5.52 Å². The van der Waals surface area contributed by atoms with Gasteiger partial charge < -0.3 is 14.6 Å². The molecule has 6 heteroatoms. The van der Waals surface area contributed by atoms with Crippen LogP contribution in [0.15, 0.2) is 83.8 Å². The van der Waals surface area contributed by atoms with Gasteiger partial charge in [-0.25, -0.2) is 0 Å². The predicted octanol–water partition coefficient (Wildman–Crippen LogP) is 5.72. The van der Waals surface area contributed by atoms with E-state index in [4.69, 9.17) is 16.3 Å². The van der Waals surface area contributed by atoms with Crippen LogP contribution in [0.25, 0.3) is 10.9 Å². The Bertz CT molecular complexity index is 1280. The third-order valence-corrected chi connectivity index (χ3v) is 4.97. The van der Waals surface area contributed by atoms with Crippen LogP contribution >= 0.6 is 11.6 Å². The highest BCUT2D eigenvalue weighted by Crippen LogP contribution is 2.32. The van der Waals surface area contributed by atoms with Crippen molar-refractivity contribution in [3.8, 4) is 11.5 Å². The van der Waals surface area contributed by atoms with Crippen molar-refractivity contribution in [1.29, 1.82) is 0 Å². The van der Waals surface area contributed by atoms with E-state index in [1.54, 1.807) is 36.5 Å². The van der Waals surface area contributed by atoms with Crippen molar-refractivity contribution in [3.05, 3.63) is 99.8 Å². The fourth-order valence-corrected chi connectivity index (χ4v) is 3.43. The van der Waals surface area contributed by atoms with Crippen molar-refractivity contribution < 1.29 is 9.53 Å². The molecule has 30 heavy (non-hydrogen) atoms. The third-order valence-electron chi connectivity index (χ3n) is 4.73. The van der Waals surface area contributed by atoms with Gasteiger partial charge in [0, 0.05) is 23.2 Å². The normalized spacial score (nSPS) is 10.7. The Balaban J connectivity index is 1.72. The molecule has 0 saturated carbocycles. The number of amides is 1. The first-order valence-electron chi connectivity index (χ1n) is 9.53. The lowest BCUT2D eigenvalue weighted by atomic mass is 10.1. The number of aromatic nitrogens is 1. The Morgan fingerprint density at radius 2 is 1.77 bits per heavy atom. The second-order valence-electron chi connectivity index (χ2n) is 6.68. The first-order chi connectivity index (χ1) is 14.6. The highest BCUT2D eigenvalue weighted by molar-refractivity contribution is 6.31. The van der Waals surface area contributed by atoms with Gasteiger partial charge in [-0.3, -0.25) is 9.59 Å². The number of carbonyl (C=O) groups is 1. The van der Waals surface area contributed by atoms with Crippen molar-refractivity contribution in [1.82, 2.24) is 4.57 Å². The van der Waals surface area contributed by atoms with Gasteiger partial charge in [-0.15, -0.1) is 0 Å². The molecular formula is C24H19ClN2O3. The predicted molar refractivity (Wildman–Crippen MR) is 120 cm³/mol. The van der Waals surface area contributed by atoms with Gasteiger partial charge in [0.25, 0.3) is 5.91 Å². The number of ether oxygens (including phenoxy) is 1. The molecule has 0 unspecified atom stereocenters. The molecule has 0 bridgehead atoms. The lowest BCUT2D eigenvalue weighted by Crippen LogP contribution is -2.24. The number of nitrogens with one attached hydrogen (secondary N) is 1. The summed E-state index contributed by atoms with van der Waals surface area (Å²) in [5, 5.41) is 3.72. The van der Waals surface area contributed by atoms with Crippen molar-refractivity contribution in [2.24, 2.45) is 0 Å². The first-order valence-corrected chi connectivity index (χ1v) is 9.90. The lowest BCUT2D eigenvalue weighted by Gasteiger charge is -2.14. The Morgan fingerprint density at radius 1 is 1.03 bits per heavy atom. The Kier molecular flexibility index (Phi) is 5.55. The number of nitrogens with zero attached hydrogens (tertiary/aromatic N) is 1. The zero-order valence-corrected chi connectivity index (χ0v) is 17.0. The quantitative estimate of drug-likeness (QED) is 0.451. The number of fused-ring (bicyclic) bond motifs is 1. The molecule has 0 atom stereocenters. The molecule has 0 aliphatic carbocycles. The van der Waals surface area contributed by atoms with E-state index in [-0.39, 0.29) is 11.0 Å². The molecule has 5 nitrogen and oxygen atoms in total. The van der Waals surface area contributed by atoms with Crippen molar-refractivity contribution >= 4 is 34.1 Å². The number of hydrogen-bond acceptors (Lipinski definition) is 3. The highest BCUT2D eigenvalue weighted by Gasteiger charge is 2.17. The summed E-state index contributed by atoms with van der Waals surface area (Å²) in [5.41, 5.74) is 0.908. The summed E-state index contributed by atoms with van der Waals surface area (Å²) in [4.78, 5) is 26.0. The molecule has 0 aliphatic rings. The first kappa shape index (κ1) is 19.7. The second kappa shape index (κ2) is 8.43. The minimum Gasteiger partial charge on any atom is -0.455 e. The van der Waals surface area contributed by atoms with Crippen LogP contribution in [-0.2, 0) is 6.54 Å². The average Bonchev–Trinajstić information content (AvgIpc) is 2.77. The number of anilines is 1. The van der Waals surface area contributed by atoms with Crippen molar-refractivity contribution in [2.75, 3.05) is 5.32 Å². The maximum absolute atomic E-state index is 13.0. The Morgan fingerprint density at radius 3 is 2.53 bits per heavy atom. The van der Waals surface area contributed by atoms with Gasteiger partial charge in [-0.05, 0) is 49.4 Å². The van der Waals surface area contributed by atoms with E-state index >= 15 is 0 Å². The van der Waals surface area contributed by atoms with Crippen LogP contribution in [0.3, 0.4) is 0 Å². The molecule has 4 aromatic rings. The summed E-state index contributed by atoms with van der Waals surface area (Å²) in [6.07, 6.45) is 1.59. The summed E-state index contributed by atoms with van der Waals surface area (Å²) >= 11 is 6.13. The molecule has 0 spiro atoms. The van der Waals surface area contributed by atoms with Crippen molar-refractivity contribution in [2.45, 2.75) is 13.5 Å².